The van der Waals surface area contributed by atoms with Crippen molar-refractivity contribution in [3.63, 3.8) is 0 Å². The van der Waals surface area contributed by atoms with Gasteiger partial charge in [0.2, 0.25) is 0 Å². The minimum absolute atomic E-state index is 0.0982. The van der Waals surface area contributed by atoms with E-state index in [1.807, 2.05) is 0 Å². The van der Waals surface area contributed by atoms with E-state index < -0.39 is 23.3 Å². The lowest BCUT2D eigenvalue weighted by Gasteiger charge is -2.04. The fourth-order valence-corrected chi connectivity index (χ4v) is 1.42. The van der Waals surface area contributed by atoms with Crippen molar-refractivity contribution in [3.8, 4) is 11.1 Å². The van der Waals surface area contributed by atoms with E-state index in [-0.39, 0.29) is 11.1 Å². The normalized spacial score (nSPS) is 10.5. The first-order valence-electron chi connectivity index (χ1n) is 4.48. The molecule has 0 aliphatic rings. The Hall–Kier alpha value is -1.84. The highest BCUT2D eigenvalue weighted by Gasteiger charge is 2.11. The van der Waals surface area contributed by atoms with Crippen molar-refractivity contribution in [3.05, 3.63) is 59.7 Å². The van der Waals surface area contributed by atoms with Crippen LogP contribution in [0.4, 0.5) is 17.6 Å². The van der Waals surface area contributed by atoms with Crippen molar-refractivity contribution in [2.45, 2.75) is 0 Å². The average Bonchev–Trinajstić information content (AvgIpc) is 2.19. The third-order valence-electron chi connectivity index (χ3n) is 2.15. The first kappa shape index (κ1) is 10.7. The van der Waals surface area contributed by atoms with Gasteiger partial charge in [0.05, 0.1) is 0 Å². The summed E-state index contributed by atoms with van der Waals surface area (Å²) in [5.41, 5.74) is -0.196. The summed E-state index contributed by atoms with van der Waals surface area (Å²) in [4.78, 5) is 0. The zero-order chi connectivity index (χ0) is 11.7. The van der Waals surface area contributed by atoms with Gasteiger partial charge in [-0.15, -0.1) is 0 Å². The van der Waals surface area contributed by atoms with Crippen LogP contribution >= 0.6 is 0 Å². The van der Waals surface area contributed by atoms with E-state index in [1.165, 1.54) is 0 Å². The molecule has 4 heteroatoms. The lowest BCUT2D eigenvalue weighted by molar-refractivity contribution is 0.575. The van der Waals surface area contributed by atoms with E-state index in [0.29, 0.717) is 12.1 Å². The van der Waals surface area contributed by atoms with Crippen LogP contribution in [0, 0.1) is 23.3 Å². The molecule has 0 saturated carbocycles. The van der Waals surface area contributed by atoms with Gasteiger partial charge in [0, 0.05) is 23.3 Å². The molecule has 0 unspecified atom stereocenters. The summed E-state index contributed by atoms with van der Waals surface area (Å²) in [7, 11) is 0. The van der Waals surface area contributed by atoms with Crippen LogP contribution in [-0.4, -0.2) is 0 Å². The Labute approximate surface area is 89.2 Å². The molecule has 0 aliphatic heterocycles. The smallest absolute Gasteiger partial charge is 0.134 e. The van der Waals surface area contributed by atoms with Crippen molar-refractivity contribution >= 4 is 0 Å². The predicted octanol–water partition coefficient (Wildman–Crippen LogP) is 3.91. The molecule has 0 aliphatic carbocycles. The van der Waals surface area contributed by atoms with E-state index in [1.54, 1.807) is 0 Å². The Kier molecular flexibility index (Phi) is 2.64. The fraction of sp³-hybridized carbons (Fsp3) is 0. The average molecular weight is 226 g/mol. The summed E-state index contributed by atoms with van der Waals surface area (Å²) in [6.45, 7) is 0. The van der Waals surface area contributed by atoms with Gasteiger partial charge in [-0.1, -0.05) is 0 Å². The molecule has 0 heterocycles. The number of hydrogen-bond donors (Lipinski definition) is 0. The van der Waals surface area contributed by atoms with Crippen LogP contribution in [0.25, 0.3) is 11.1 Å². The van der Waals surface area contributed by atoms with Gasteiger partial charge in [-0.25, -0.2) is 17.6 Å². The molecule has 2 aromatic rings. The van der Waals surface area contributed by atoms with E-state index in [0.717, 1.165) is 24.3 Å². The van der Waals surface area contributed by atoms with E-state index >= 15 is 0 Å². The molecule has 0 N–H and O–H groups in total. The van der Waals surface area contributed by atoms with Crippen LogP contribution in [0.3, 0.4) is 0 Å². The molecule has 0 fully saturated rings. The summed E-state index contributed by atoms with van der Waals surface area (Å²) in [5.74, 6) is -3.26. The molecule has 0 radical (unpaired) electrons. The highest BCUT2D eigenvalue weighted by Crippen LogP contribution is 2.26. The molecule has 0 amide bonds. The van der Waals surface area contributed by atoms with Crippen LogP contribution in [-0.2, 0) is 0 Å². The lowest BCUT2D eigenvalue weighted by Crippen LogP contribution is -1.90. The summed E-state index contributed by atoms with van der Waals surface area (Å²) >= 11 is 0. The van der Waals surface area contributed by atoms with Gasteiger partial charge in [-0.3, -0.25) is 0 Å². The van der Waals surface area contributed by atoms with Crippen molar-refractivity contribution < 1.29 is 17.6 Å². The van der Waals surface area contributed by atoms with Gasteiger partial charge < -0.3 is 0 Å². The molecular formula is C12H6F4. The molecule has 0 atom stereocenters. The molecule has 2 rings (SSSR count). The fourth-order valence-electron chi connectivity index (χ4n) is 1.42. The quantitative estimate of drug-likeness (QED) is 0.646. The van der Waals surface area contributed by atoms with Gasteiger partial charge in [0.15, 0.2) is 0 Å². The Morgan fingerprint density at radius 3 is 1.25 bits per heavy atom. The van der Waals surface area contributed by atoms with Crippen LogP contribution in [0.5, 0.6) is 0 Å². The second-order valence-electron chi connectivity index (χ2n) is 3.25. The van der Waals surface area contributed by atoms with E-state index in [2.05, 4.69) is 0 Å². The summed E-state index contributed by atoms with van der Waals surface area (Å²) in [5, 5.41) is 0. The minimum Gasteiger partial charge on any atom is -0.207 e. The van der Waals surface area contributed by atoms with Gasteiger partial charge in [0.25, 0.3) is 0 Å². The maximum Gasteiger partial charge on any atom is 0.134 e. The Morgan fingerprint density at radius 2 is 0.938 bits per heavy atom. The van der Waals surface area contributed by atoms with Crippen LogP contribution in [0.15, 0.2) is 36.4 Å². The third-order valence-corrected chi connectivity index (χ3v) is 2.15. The van der Waals surface area contributed by atoms with Gasteiger partial charge in [-0.05, 0) is 24.3 Å². The topological polar surface area (TPSA) is 0 Å². The molecule has 16 heavy (non-hydrogen) atoms. The Balaban J connectivity index is 2.59. The van der Waals surface area contributed by atoms with E-state index in [9.17, 15) is 17.6 Å². The van der Waals surface area contributed by atoms with Crippen molar-refractivity contribution in [2.75, 3.05) is 0 Å². The second kappa shape index (κ2) is 3.96. The van der Waals surface area contributed by atoms with Gasteiger partial charge >= 0.3 is 0 Å². The lowest BCUT2D eigenvalue weighted by atomic mass is 10.0. The standard InChI is InChI=1S/C12H6F4/c13-7-1-3-9(11(15)5-7)10-4-2-8(14)6-12(10)16/h1-6H. The van der Waals surface area contributed by atoms with Crippen molar-refractivity contribution in [1.82, 2.24) is 0 Å². The maximum absolute atomic E-state index is 13.3. The summed E-state index contributed by atoms with van der Waals surface area (Å²) in [6, 6.07) is 5.56. The number of benzene rings is 2. The Morgan fingerprint density at radius 1 is 0.562 bits per heavy atom. The molecular weight excluding hydrogens is 220 g/mol. The molecule has 0 nitrogen and oxygen atoms in total. The zero-order valence-corrected chi connectivity index (χ0v) is 7.98. The molecule has 0 saturated heterocycles. The first-order valence-corrected chi connectivity index (χ1v) is 4.48. The van der Waals surface area contributed by atoms with Crippen LogP contribution in [0.1, 0.15) is 0 Å². The van der Waals surface area contributed by atoms with Crippen LogP contribution < -0.4 is 0 Å². The van der Waals surface area contributed by atoms with Crippen LogP contribution in [0.2, 0.25) is 0 Å². The minimum atomic E-state index is -0.884. The second-order valence-corrected chi connectivity index (χ2v) is 3.25. The molecule has 0 spiro atoms. The van der Waals surface area contributed by atoms with E-state index in [4.69, 9.17) is 0 Å². The highest BCUT2D eigenvalue weighted by molar-refractivity contribution is 5.64. The Bertz CT molecular complexity index is 485. The van der Waals surface area contributed by atoms with Gasteiger partial charge in [-0.2, -0.15) is 0 Å². The number of hydrogen-bond acceptors (Lipinski definition) is 0. The molecule has 2 aromatic carbocycles. The summed E-state index contributed by atoms with van der Waals surface area (Å²) in [6.07, 6.45) is 0. The molecule has 0 bridgehead atoms. The number of halogens is 4. The van der Waals surface area contributed by atoms with Gasteiger partial charge in [0.1, 0.15) is 23.3 Å². The highest BCUT2D eigenvalue weighted by atomic mass is 19.1. The monoisotopic (exact) mass is 226 g/mol. The molecule has 0 aromatic heterocycles. The third kappa shape index (κ3) is 1.91. The van der Waals surface area contributed by atoms with Crippen molar-refractivity contribution in [2.24, 2.45) is 0 Å². The summed E-state index contributed by atoms with van der Waals surface area (Å²) < 4.78 is 51.9. The molecule has 82 valence electrons. The SMILES string of the molecule is Fc1ccc(-c2ccc(F)cc2F)c(F)c1. The van der Waals surface area contributed by atoms with Crippen molar-refractivity contribution in [1.29, 1.82) is 0 Å². The predicted molar refractivity (Wildman–Crippen MR) is 51.7 cm³/mol. The maximum atomic E-state index is 13.3. The first-order chi connectivity index (χ1) is 7.58. The largest absolute Gasteiger partial charge is 0.207 e. The zero-order valence-electron chi connectivity index (χ0n) is 7.98. The number of rotatable bonds is 1.